The highest BCUT2D eigenvalue weighted by Gasteiger charge is 2.02. The molecule has 0 fully saturated rings. The van der Waals surface area contributed by atoms with Crippen LogP contribution >= 0.6 is 11.8 Å². The van der Waals surface area contributed by atoms with Gasteiger partial charge in [-0.3, -0.25) is 4.79 Å². The zero-order valence-corrected chi connectivity index (χ0v) is 10.7. The number of amides is 1. The Morgan fingerprint density at radius 3 is 2.61 bits per heavy atom. The number of carbonyl (C=O) groups is 1. The van der Waals surface area contributed by atoms with E-state index in [1.54, 1.807) is 18.0 Å². The molecule has 0 bridgehead atoms. The van der Waals surface area contributed by atoms with Gasteiger partial charge in [-0.1, -0.05) is 24.3 Å². The van der Waals surface area contributed by atoms with Crippen LogP contribution in [0.2, 0.25) is 0 Å². The molecule has 0 unspecified atom stereocenters. The summed E-state index contributed by atoms with van der Waals surface area (Å²) in [5.74, 6) is 0.764. The van der Waals surface area contributed by atoms with Crippen LogP contribution in [0.3, 0.4) is 0 Å². The zero-order chi connectivity index (χ0) is 12.6. The Hall–Kier alpha value is -1.81. The van der Waals surface area contributed by atoms with E-state index in [-0.39, 0.29) is 5.91 Å². The molecule has 0 aliphatic carbocycles. The van der Waals surface area contributed by atoms with Crippen molar-refractivity contribution in [3.8, 4) is 0 Å². The molecule has 2 aromatic rings. The van der Waals surface area contributed by atoms with Gasteiger partial charge in [0.1, 0.15) is 0 Å². The molecule has 1 N–H and O–H groups in total. The van der Waals surface area contributed by atoms with Crippen molar-refractivity contribution >= 4 is 23.4 Å². The minimum atomic E-state index is 0.0321. The molecule has 18 heavy (non-hydrogen) atoms. The third-order valence-corrected chi connectivity index (χ3v) is 3.22. The molecule has 3 nitrogen and oxygen atoms in total. The molecular formula is C14H14N2OS. The van der Waals surface area contributed by atoms with Gasteiger partial charge in [-0.25, -0.2) is 4.98 Å². The van der Waals surface area contributed by atoms with E-state index in [4.69, 9.17) is 0 Å². The molecule has 2 rings (SSSR count). The number of nitrogens with one attached hydrogen (secondary N) is 1. The fourth-order valence-electron chi connectivity index (χ4n) is 1.43. The van der Waals surface area contributed by atoms with Crippen LogP contribution < -0.4 is 5.32 Å². The quantitative estimate of drug-likeness (QED) is 0.837. The molecule has 0 spiro atoms. The predicted octanol–water partition coefficient (Wildman–Crippen LogP) is 3.20. The lowest BCUT2D eigenvalue weighted by Crippen LogP contribution is -2.11. The first-order valence-corrected chi connectivity index (χ1v) is 6.72. The smallest absolute Gasteiger partial charge is 0.225 e. The van der Waals surface area contributed by atoms with Crippen molar-refractivity contribution in [3.63, 3.8) is 0 Å². The molecule has 1 heterocycles. The number of benzene rings is 1. The summed E-state index contributed by atoms with van der Waals surface area (Å²) in [6, 6.07) is 15.3. The van der Waals surface area contributed by atoms with Crippen LogP contribution in [0.1, 0.15) is 6.42 Å². The summed E-state index contributed by atoms with van der Waals surface area (Å²) in [6.07, 6.45) is 2.24. The van der Waals surface area contributed by atoms with E-state index >= 15 is 0 Å². The van der Waals surface area contributed by atoms with E-state index in [1.807, 2.05) is 48.5 Å². The molecule has 1 amide bonds. The maximum Gasteiger partial charge on any atom is 0.225 e. The fraction of sp³-hybridized carbons (Fsp3) is 0.143. The lowest BCUT2D eigenvalue weighted by Gasteiger charge is -2.04. The van der Waals surface area contributed by atoms with Gasteiger partial charge >= 0.3 is 0 Å². The number of pyridine rings is 1. The van der Waals surface area contributed by atoms with Gasteiger partial charge < -0.3 is 5.32 Å². The van der Waals surface area contributed by atoms with Crippen molar-refractivity contribution in [1.82, 2.24) is 4.98 Å². The SMILES string of the molecule is O=C(CCSc1ccccn1)Nc1ccccc1. The maximum absolute atomic E-state index is 11.7. The highest BCUT2D eigenvalue weighted by molar-refractivity contribution is 7.99. The van der Waals surface area contributed by atoms with Crippen molar-refractivity contribution in [2.45, 2.75) is 11.4 Å². The summed E-state index contributed by atoms with van der Waals surface area (Å²) >= 11 is 1.59. The van der Waals surface area contributed by atoms with Gasteiger partial charge in [0.25, 0.3) is 0 Å². The zero-order valence-electron chi connectivity index (χ0n) is 9.87. The van der Waals surface area contributed by atoms with Gasteiger partial charge in [-0.2, -0.15) is 0 Å². The number of para-hydroxylation sites is 1. The number of aromatic nitrogens is 1. The Morgan fingerprint density at radius 2 is 1.89 bits per heavy atom. The third-order valence-electron chi connectivity index (χ3n) is 2.27. The molecule has 4 heteroatoms. The number of hydrogen-bond donors (Lipinski definition) is 1. The Morgan fingerprint density at radius 1 is 1.11 bits per heavy atom. The Bertz CT molecular complexity index is 488. The van der Waals surface area contributed by atoms with Crippen LogP contribution in [0.25, 0.3) is 0 Å². The number of nitrogens with zero attached hydrogens (tertiary/aromatic N) is 1. The number of carbonyl (C=O) groups excluding carboxylic acids is 1. The molecule has 1 aromatic heterocycles. The number of thioether (sulfide) groups is 1. The largest absolute Gasteiger partial charge is 0.326 e. The number of rotatable bonds is 5. The van der Waals surface area contributed by atoms with E-state index in [0.29, 0.717) is 6.42 Å². The van der Waals surface area contributed by atoms with Crippen molar-refractivity contribution in [3.05, 3.63) is 54.7 Å². The van der Waals surface area contributed by atoms with Gasteiger partial charge in [0.2, 0.25) is 5.91 Å². The van der Waals surface area contributed by atoms with Gasteiger partial charge in [0.15, 0.2) is 0 Å². The molecular weight excluding hydrogens is 244 g/mol. The molecule has 0 aliphatic heterocycles. The molecule has 92 valence electrons. The second-order valence-electron chi connectivity index (χ2n) is 3.68. The summed E-state index contributed by atoms with van der Waals surface area (Å²) in [4.78, 5) is 15.8. The first-order valence-electron chi connectivity index (χ1n) is 5.73. The third kappa shape index (κ3) is 4.22. The van der Waals surface area contributed by atoms with Crippen molar-refractivity contribution in [1.29, 1.82) is 0 Å². The summed E-state index contributed by atoms with van der Waals surface area (Å²) < 4.78 is 0. The van der Waals surface area contributed by atoms with Gasteiger partial charge in [-0.15, -0.1) is 11.8 Å². The maximum atomic E-state index is 11.7. The van der Waals surface area contributed by atoms with E-state index in [2.05, 4.69) is 10.3 Å². The highest BCUT2D eigenvalue weighted by atomic mass is 32.2. The summed E-state index contributed by atoms with van der Waals surface area (Å²) in [6.45, 7) is 0. The van der Waals surface area contributed by atoms with Gasteiger partial charge in [0.05, 0.1) is 5.03 Å². The van der Waals surface area contributed by atoms with Crippen LogP contribution in [0.15, 0.2) is 59.8 Å². The number of hydrogen-bond acceptors (Lipinski definition) is 3. The first kappa shape index (κ1) is 12.6. The summed E-state index contributed by atoms with van der Waals surface area (Å²) in [5.41, 5.74) is 0.838. The highest BCUT2D eigenvalue weighted by Crippen LogP contribution is 2.15. The van der Waals surface area contributed by atoms with E-state index in [9.17, 15) is 4.79 Å². The first-order chi connectivity index (χ1) is 8.84. The number of anilines is 1. The van der Waals surface area contributed by atoms with Crippen LogP contribution in [-0.2, 0) is 4.79 Å². The Kier molecular flexibility index (Phi) is 4.78. The van der Waals surface area contributed by atoms with Crippen LogP contribution in [-0.4, -0.2) is 16.6 Å². The molecule has 0 radical (unpaired) electrons. The average molecular weight is 258 g/mol. The standard InChI is InChI=1S/C14H14N2OS/c17-13(16-12-6-2-1-3-7-12)9-11-18-14-8-4-5-10-15-14/h1-8,10H,9,11H2,(H,16,17). The molecule has 0 aliphatic rings. The van der Waals surface area contributed by atoms with Crippen molar-refractivity contribution in [2.24, 2.45) is 0 Å². The lowest BCUT2D eigenvalue weighted by atomic mass is 10.3. The van der Waals surface area contributed by atoms with E-state index < -0.39 is 0 Å². The van der Waals surface area contributed by atoms with Crippen molar-refractivity contribution < 1.29 is 4.79 Å². The van der Waals surface area contributed by atoms with E-state index in [0.717, 1.165) is 16.5 Å². The molecule has 0 saturated heterocycles. The van der Waals surface area contributed by atoms with Crippen LogP contribution in [0, 0.1) is 0 Å². The summed E-state index contributed by atoms with van der Waals surface area (Å²) in [7, 11) is 0. The average Bonchev–Trinajstić information content (AvgIpc) is 2.41. The minimum absolute atomic E-state index is 0.0321. The minimum Gasteiger partial charge on any atom is -0.326 e. The topological polar surface area (TPSA) is 42.0 Å². The van der Waals surface area contributed by atoms with Crippen molar-refractivity contribution in [2.75, 3.05) is 11.1 Å². The lowest BCUT2D eigenvalue weighted by molar-refractivity contribution is -0.115. The Labute approximate surface area is 111 Å². The molecule has 0 saturated carbocycles. The fourth-order valence-corrected chi connectivity index (χ4v) is 2.23. The summed E-state index contributed by atoms with van der Waals surface area (Å²) in [5, 5.41) is 3.80. The second kappa shape index (κ2) is 6.81. The second-order valence-corrected chi connectivity index (χ2v) is 4.80. The monoisotopic (exact) mass is 258 g/mol. The van der Waals surface area contributed by atoms with Crippen LogP contribution in [0.4, 0.5) is 5.69 Å². The molecule has 1 aromatic carbocycles. The van der Waals surface area contributed by atoms with Gasteiger partial charge in [-0.05, 0) is 24.3 Å². The molecule has 0 atom stereocenters. The Balaban J connectivity index is 1.73. The van der Waals surface area contributed by atoms with Crippen LogP contribution in [0.5, 0.6) is 0 Å². The van der Waals surface area contributed by atoms with Gasteiger partial charge in [0, 0.05) is 24.1 Å². The predicted molar refractivity (Wildman–Crippen MR) is 74.6 cm³/mol. The van der Waals surface area contributed by atoms with E-state index in [1.165, 1.54) is 0 Å². The normalized spacial score (nSPS) is 10.0.